The van der Waals surface area contributed by atoms with Crippen LogP contribution in [0.4, 0.5) is 0 Å². The summed E-state index contributed by atoms with van der Waals surface area (Å²) in [6, 6.07) is 3.64. The molecular weight excluding hydrogens is 299 g/mol. The van der Waals surface area contributed by atoms with Gasteiger partial charge in [-0.1, -0.05) is 29.3 Å². The van der Waals surface area contributed by atoms with Gasteiger partial charge in [-0.05, 0) is 38.9 Å². The van der Waals surface area contributed by atoms with Gasteiger partial charge in [0.2, 0.25) is 0 Å². The molecule has 20 heavy (non-hydrogen) atoms. The number of esters is 1. The van der Waals surface area contributed by atoms with Crippen LogP contribution in [0.5, 0.6) is 0 Å². The van der Waals surface area contributed by atoms with Crippen molar-refractivity contribution in [2.45, 2.75) is 26.3 Å². The SMILES string of the molecule is CCOC(=O)C1CCN(Cc2ccc(Cl)nc2Cl)CC1. The van der Waals surface area contributed by atoms with E-state index in [9.17, 15) is 4.79 Å². The fourth-order valence-corrected chi connectivity index (χ4v) is 2.79. The second-order valence-electron chi connectivity index (χ2n) is 4.89. The Hall–Kier alpha value is -0.840. The molecule has 0 N–H and O–H groups in total. The van der Waals surface area contributed by atoms with Crippen LogP contribution in [0.1, 0.15) is 25.3 Å². The second kappa shape index (κ2) is 7.25. The van der Waals surface area contributed by atoms with Crippen molar-refractivity contribution >= 4 is 29.2 Å². The van der Waals surface area contributed by atoms with Crippen molar-refractivity contribution in [1.82, 2.24) is 9.88 Å². The fourth-order valence-electron chi connectivity index (χ4n) is 2.39. The predicted octanol–water partition coefficient (Wildman–Crippen LogP) is 3.16. The van der Waals surface area contributed by atoms with Gasteiger partial charge in [-0.25, -0.2) is 4.98 Å². The number of aromatic nitrogens is 1. The number of hydrogen-bond acceptors (Lipinski definition) is 4. The maximum atomic E-state index is 11.7. The van der Waals surface area contributed by atoms with Crippen molar-refractivity contribution in [3.05, 3.63) is 28.0 Å². The van der Waals surface area contributed by atoms with Crippen LogP contribution in [0.25, 0.3) is 0 Å². The molecule has 4 nitrogen and oxygen atoms in total. The zero-order valence-electron chi connectivity index (χ0n) is 11.4. The smallest absolute Gasteiger partial charge is 0.309 e. The van der Waals surface area contributed by atoms with E-state index in [1.807, 2.05) is 13.0 Å². The molecule has 0 atom stereocenters. The summed E-state index contributed by atoms with van der Waals surface area (Å²) in [6.45, 7) is 4.75. The van der Waals surface area contributed by atoms with Crippen molar-refractivity contribution in [2.24, 2.45) is 5.92 Å². The molecule has 1 aromatic rings. The van der Waals surface area contributed by atoms with Gasteiger partial charge in [-0.2, -0.15) is 0 Å². The van der Waals surface area contributed by atoms with Crippen molar-refractivity contribution in [1.29, 1.82) is 0 Å². The van der Waals surface area contributed by atoms with Gasteiger partial charge in [-0.15, -0.1) is 0 Å². The van der Waals surface area contributed by atoms with Crippen molar-refractivity contribution in [2.75, 3.05) is 19.7 Å². The number of piperidine rings is 1. The van der Waals surface area contributed by atoms with Crippen LogP contribution in [0, 0.1) is 5.92 Å². The fraction of sp³-hybridized carbons (Fsp3) is 0.571. The number of nitrogens with zero attached hydrogens (tertiary/aromatic N) is 2. The lowest BCUT2D eigenvalue weighted by Gasteiger charge is -2.30. The third kappa shape index (κ3) is 4.08. The molecule has 110 valence electrons. The highest BCUT2D eigenvalue weighted by Gasteiger charge is 2.26. The van der Waals surface area contributed by atoms with Crippen LogP contribution in [0.3, 0.4) is 0 Å². The zero-order valence-corrected chi connectivity index (χ0v) is 13.0. The maximum absolute atomic E-state index is 11.7. The average Bonchev–Trinajstić information content (AvgIpc) is 2.43. The minimum Gasteiger partial charge on any atom is -0.466 e. The Bertz CT molecular complexity index is 474. The van der Waals surface area contributed by atoms with Gasteiger partial charge in [0.1, 0.15) is 10.3 Å². The molecule has 0 aliphatic carbocycles. The molecule has 2 heterocycles. The number of pyridine rings is 1. The minimum atomic E-state index is -0.0710. The van der Waals surface area contributed by atoms with E-state index in [2.05, 4.69) is 9.88 Å². The monoisotopic (exact) mass is 316 g/mol. The van der Waals surface area contributed by atoms with Gasteiger partial charge in [0.25, 0.3) is 0 Å². The summed E-state index contributed by atoms with van der Waals surface area (Å²) in [5, 5.41) is 0.852. The summed E-state index contributed by atoms with van der Waals surface area (Å²) in [5.41, 5.74) is 0.964. The standard InChI is InChI=1S/C14H18Cl2N2O2/c1-2-20-14(19)10-5-7-18(8-6-10)9-11-3-4-12(15)17-13(11)16/h3-4,10H,2,5-9H2,1H3. The number of likely N-dealkylation sites (tertiary alicyclic amines) is 1. The largest absolute Gasteiger partial charge is 0.466 e. The molecule has 0 radical (unpaired) electrons. The molecule has 6 heteroatoms. The average molecular weight is 317 g/mol. The topological polar surface area (TPSA) is 42.4 Å². The quantitative estimate of drug-likeness (QED) is 0.632. The molecule has 1 aliphatic heterocycles. The van der Waals surface area contributed by atoms with E-state index < -0.39 is 0 Å². The molecule has 0 unspecified atom stereocenters. The number of carbonyl (C=O) groups excluding carboxylic acids is 1. The van der Waals surface area contributed by atoms with Crippen LogP contribution in [0.15, 0.2) is 12.1 Å². The van der Waals surface area contributed by atoms with Crippen LogP contribution in [-0.4, -0.2) is 35.5 Å². The van der Waals surface area contributed by atoms with Gasteiger partial charge in [0.05, 0.1) is 12.5 Å². The molecule has 1 aromatic heterocycles. The van der Waals surface area contributed by atoms with Gasteiger partial charge in [0.15, 0.2) is 0 Å². The lowest BCUT2D eigenvalue weighted by Crippen LogP contribution is -2.36. The van der Waals surface area contributed by atoms with Crippen LogP contribution < -0.4 is 0 Å². The first-order valence-electron chi connectivity index (χ1n) is 6.80. The molecule has 0 aromatic carbocycles. The first kappa shape index (κ1) is 15.5. The van der Waals surface area contributed by atoms with E-state index in [1.54, 1.807) is 6.07 Å². The van der Waals surface area contributed by atoms with Crippen LogP contribution in [-0.2, 0) is 16.1 Å². The van der Waals surface area contributed by atoms with Gasteiger partial charge < -0.3 is 4.74 Å². The Morgan fingerprint density at radius 2 is 2.10 bits per heavy atom. The number of ether oxygens (including phenoxy) is 1. The van der Waals surface area contributed by atoms with Gasteiger partial charge in [-0.3, -0.25) is 9.69 Å². The molecule has 1 fully saturated rings. The Kier molecular flexibility index (Phi) is 5.64. The normalized spacial score (nSPS) is 17.1. The van der Waals surface area contributed by atoms with Gasteiger partial charge in [0, 0.05) is 12.1 Å². The van der Waals surface area contributed by atoms with Crippen LogP contribution in [0.2, 0.25) is 10.3 Å². The number of carbonyl (C=O) groups is 1. The Morgan fingerprint density at radius 1 is 1.40 bits per heavy atom. The zero-order chi connectivity index (χ0) is 14.5. The molecule has 0 bridgehead atoms. The highest BCUT2D eigenvalue weighted by atomic mass is 35.5. The first-order valence-corrected chi connectivity index (χ1v) is 7.55. The molecule has 2 rings (SSSR count). The Balaban J connectivity index is 1.86. The van der Waals surface area contributed by atoms with Crippen molar-refractivity contribution < 1.29 is 9.53 Å². The third-order valence-corrected chi connectivity index (χ3v) is 4.03. The second-order valence-corrected chi connectivity index (χ2v) is 5.63. The summed E-state index contributed by atoms with van der Waals surface area (Å²) in [7, 11) is 0. The lowest BCUT2D eigenvalue weighted by atomic mass is 9.97. The van der Waals surface area contributed by atoms with E-state index in [0.717, 1.165) is 38.0 Å². The summed E-state index contributed by atoms with van der Waals surface area (Å²) in [6.07, 6.45) is 1.66. The van der Waals surface area contributed by atoms with Crippen LogP contribution >= 0.6 is 23.2 Å². The molecular formula is C14H18Cl2N2O2. The Morgan fingerprint density at radius 3 is 2.70 bits per heavy atom. The minimum absolute atomic E-state index is 0.0324. The van der Waals surface area contributed by atoms with E-state index in [4.69, 9.17) is 27.9 Å². The molecule has 0 saturated carbocycles. The summed E-state index contributed by atoms with van der Waals surface area (Å²) in [4.78, 5) is 18.0. The van der Waals surface area contributed by atoms with Gasteiger partial charge >= 0.3 is 5.97 Å². The van der Waals surface area contributed by atoms with Crippen molar-refractivity contribution in [3.8, 4) is 0 Å². The number of hydrogen-bond donors (Lipinski definition) is 0. The molecule has 0 amide bonds. The summed E-state index contributed by atoms with van der Waals surface area (Å²) in [5.74, 6) is -0.0386. The van der Waals surface area contributed by atoms with E-state index in [-0.39, 0.29) is 11.9 Å². The number of halogens is 2. The molecule has 1 saturated heterocycles. The first-order chi connectivity index (χ1) is 9.60. The third-order valence-electron chi connectivity index (χ3n) is 3.49. The predicted molar refractivity (Wildman–Crippen MR) is 78.9 cm³/mol. The molecule has 0 spiro atoms. The van der Waals surface area contributed by atoms with E-state index in [0.29, 0.717) is 16.9 Å². The Labute approximate surface area is 129 Å². The summed E-state index contributed by atoms with van der Waals surface area (Å²) < 4.78 is 5.06. The maximum Gasteiger partial charge on any atom is 0.309 e. The molecule has 1 aliphatic rings. The highest BCUT2D eigenvalue weighted by molar-refractivity contribution is 6.32. The van der Waals surface area contributed by atoms with E-state index >= 15 is 0 Å². The highest BCUT2D eigenvalue weighted by Crippen LogP contribution is 2.23. The lowest BCUT2D eigenvalue weighted by molar-refractivity contribution is -0.149. The van der Waals surface area contributed by atoms with E-state index in [1.165, 1.54) is 0 Å². The van der Waals surface area contributed by atoms with Crippen molar-refractivity contribution in [3.63, 3.8) is 0 Å². The summed E-state index contributed by atoms with van der Waals surface area (Å²) >= 11 is 11.9. The number of rotatable bonds is 4.